The maximum atomic E-state index is 13.4. The quantitative estimate of drug-likeness (QED) is 0.0811. The van der Waals surface area contributed by atoms with Gasteiger partial charge in [-0.15, -0.1) is 0 Å². The number of urea groups is 1. The predicted molar refractivity (Wildman–Crippen MR) is 210 cm³/mol. The second kappa shape index (κ2) is 15.2. The van der Waals surface area contributed by atoms with Crippen LogP contribution in [-0.2, 0) is 30.4 Å². The number of hydrazone groups is 2. The highest BCUT2D eigenvalue weighted by atomic mass is 32.2. The van der Waals surface area contributed by atoms with Crippen molar-refractivity contribution in [3.63, 3.8) is 0 Å². The SMILES string of the molecule is Cc1cc(S(=O)(=O)O)ccc1N/N=C1/C(=O)c2ccc(NC(=O)Nc3ccc4c(c3)C=C(S(=O)(=O)O)/C(=N/Nc3ccc(C(=O)O)cc3)C4=O)cc2C=C1S(=O)(=O)O. The number of anilines is 4. The molecule has 0 radical (unpaired) electrons. The third kappa shape index (κ3) is 8.73. The Morgan fingerprint density at radius 3 is 1.48 bits per heavy atom. The summed E-state index contributed by atoms with van der Waals surface area (Å²) in [6.45, 7) is 1.45. The van der Waals surface area contributed by atoms with Crippen LogP contribution in [0.5, 0.6) is 0 Å². The maximum Gasteiger partial charge on any atom is 0.335 e. The number of allylic oxidation sites excluding steroid dienone is 2. The number of Topliss-reactive ketones (excluding diaryl/α,β-unsaturated/α-hetero) is 2. The summed E-state index contributed by atoms with van der Waals surface area (Å²) < 4.78 is 101. The minimum absolute atomic E-state index is 0.0207. The summed E-state index contributed by atoms with van der Waals surface area (Å²) in [7, 11) is -14.6. The van der Waals surface area contributed by atoms with Crippen LogP contribution in [0.3, 0.4) is 0 Å². The molecule has 298 valence electrons. The Morgan fingerprint density at radius 1 is 0.586 bits per heavy atom. The molecular formula is C35H26N6O14S3. The first-order chi connectivity index (χ1) is 27.1. The Kier molecular flexibility index (Phi) is 10.7. The molecule has 0 spiro atoms. The van der Waals surface area contributed by atoms with Crippen molar-refractivity contribution in [2.45, 2.75) is 11.8 Å². The summed E-state index contributed by atoms with van der Waals surface area (Å²) in [5, 5.41) is 21.7. The third-order valence-corrected chi connectivity index (χ3v) is 10.9. The Balaban J connectivity index is 1.21. The van der Waals surface area contributed by atoms with Crippen LogP contribution in [0, 0.1) is 6.92 Å². The molecule has 0 aromatic heterocycles. The Morgan fingerprint density at radius 2 is 1.05 bits per heavy atom. The van der Waals surface area contributed by atoms with Gasteiger partial charge in [0.2, 0.25) is 11.6 Å². The van der Waals surface area contributed by atoms with E-state index in [1.165, 1.54) is 73.7 Å². The first kappa shape index (κ1) is 40.8. The number of carbonyl (C=O) groups excluding carboxylic acids is 3. The van der Waals surface area contributed by atoms with Gasteiger partial charge < -0.3 is 15.7 Å². The van der Waals surface area contributed by atoms with Gasteiger partial charge in [-0.05, 0) is 115 Å². The van der Waals surface area contributed by atoms with Crippen molar-refractivity contribution in [3.8, 4) is 0 Å². The summed E-state index contributed by atoms with van der Waals surface area (Å²) >= 11 is 0. The largest absolute Gasteiger partial charge is 0.478 e. The number of carbonyl (C=O) groups is 4. The second-order valence-corrected chi connectivity index (χ2v) is 16.5. The molecule has 0 bridgehead atoms. The molecule has 4 aromatic rings. The number of hydrogen-bond donors (Lipinski definition) is 8. The van der Waals surface area contributed by atoms with Gasteiger partial charge in [0.25, 0.3) is 30.4 Å². The Labute approximate surface area is 327 Å². The van der Waals surface area contributed by atoms with Gasteiger partial charge in [-0.3, -0.25) is 34.1 Å². The average molecular weight is 851 g/mol. The van der Waals surface area contributed by atoms with E-state index in [1.54, 1.807) is 0 Å². The van der Waals surface area contributed by atoms with Gasteiger partial charge in [0, 0.05) is 22.5 Å². The number of amides is 2. The molecule has 0 fully saturated rings. The first-order valence-corrected chi connectivity index (χ1v) is 20.4. The minimum atomic E-state index is -5.07. The van der Waals surface area contributed by atoms with E-state index in [9.17, 15) is 58.1 Å². The van der Waals surface area contributed by atoms with E-state index in [2.05, 4.69) is 31.7 Å². The topological polar surface area (TPSA) is 324 Å². The third-order valence-electron chi connectivity index (χ3n) is 8.35. The Bertz CT molecular complexity index is 2960. The van der Waals surface area contributed by atoms with Crippen LogP contribution < -0.4 is 21.5 Å². The number of nitrogens with one attached hydrogen (secondary N) is 4. The highest BCUT2D eigenvalue weighted by molar-refractivity contribution is 7.91. The molecule has 0 heterocycles. The van der Waals surface area contributed by atoms with Gasteiger partial charge in [-0.2, -0.15) is 35.5 Å². The van der Waals surface area contributed by atoms with Gasteiger partial charge in [0.15, 0.2) is 11.4 Å². The molecule has 23 heteroatoms. The molecule has 6 rings (SSSR count). The number of nitrogens with zero attached hydrogens (tertiary/aromatic N) is 2. The van der Waals surface area contributed by atoms with Crippen molar-refractivity contribution in [2.24, 2.45) is 10.2 Å². The lowest BCUT2D eigenvalue weighted by Gasteiger charge is -2.18. The molecule has 8 N–H and O–H groups in total. The number of rotatable bonds is 10. The normalized spacial score (nSPS) is 15.5. The van der Waals surface area contributed by atoms with E-state index in [1.807, 2.05) is 0 Å². The smallest absolute Gasteiger partial charge is 0.335 e. The fraction of sp³-hybridized carbons (Fsp3) is 0.0286. The van der Waals surface area contributed by atoms with Crippen LogP contribution in [0.15, 0.2) is 104 Å². The lowest BCUT2D eigenvalue weighted by Crippen LogP contribution is -2.27. The van der Waals surface area contributed by atoms with Gasteiger partial charge in [-0.1, -0.05) is 0 Å². The number of aromatic carboxylic acids is 1. The van der Waals surface area contributed by atoms with Crippen molar-refractivity contribution in [1.82, 2.24) is 0 Å². The number of hydrogen-bond acceptors (Lipinski definition) is 14. The minimum Gasteiger partial charge on any atom is -0.478 e. The zero-order chi connectivity index (χ0) is 42.3. The molecule has 0 unspecified atom stereocenters. The second-order valence-electron chi connectivity index (χ2n) is 12.3. The van der Waals surface area contributed by atoms with Gasteiger partial charge in [-0.25, -0.2) is 9.59 Å². The molecule has 0 saturated heterocycles. The number of ketones is 2. The van der Waals surface area contributed by atoms with Gasteiger partial charge in [0.05, 0.1) is 21.8 Å². The lowest BCUT2D eigenvalue weighted by molar-refractivity contribution is 0.0696. The molecular weight excluding hydrogens is 825 g/mol. The zero-order valence-corrected chi connectivity index (χ0v) is 31.6. The van der Waals surface area contributed by atoms with Gasteiger partial charge >= 0.3 is 12.0 Å². The summed E-state index contributed by atoms with van der Waals surface area (Å²) in [6, 6.07) is 15.2. The number of carboxylic acids is 1. The standard InChI is InChI=1S/C35H26N6O14S3/c1-17-12-24(56(47,48)49)8-11-27(17)39-41-31-29(58(53,54)55)16-20-14-23(7-10-26(20)33(31)43)37-35(46)36-22-6-9-25-19(13-22)15-28(57(50,51)52)30(32(25)42)40-38-21-4-2-18(3-5-21)34(44)45/h2-16,38-39H,1H3,(H,44,45)(H2,36,37,46)(H,47,48,49)(H,50,51,52)(H,53,54,55)/b40-30-,41-31+. The van der Waals surface area contributed by atoms with E-state index >= 15 is 0 Å². The summed E-state index contributed by atoms with van der Waals surface area (Å²) in [5.74, 6) is -3.04. The van der Waals surface area contributed by atoms with E-state index in [0.29, 0.717) is 0 Å². The molecule has 0 saturated carbocycles. The fourth-order valence-electron chi connectivity index (χ4n) is 5.58. The van der Waals surface area contributed by atoms with E-state index in [0.717, 1.165) is 24.3 Å². The van der Waals surface area contributed by atoms with Crippen molar-refractivity contribution in [2.75, 3.05) is 21.5 Å². The molecule has 0 atom stereocenters. The van der Waals surface area contributed by atoms with Crippen LogP contribution in [0.2, 0.25) is 0 Å². The Hall–Kier alpha value is -6.89. The summed E-state index contributed by atoms with van der Waals surface area (Å²) in [4.78, 5) is 48.7. The monoisotopic (exact) mass is 850 g/mol. The predicted octanol–water partition coefficient (Wildman–Crippen LogP) is 4.37. The average Bonchev–Trinajstić information content (AvgIpc) is 3.13. The molecule has 4 aromatic carbocycles. The van der Waals surface area contributed by atoms with Crippen molar-refractivity contribution < 1.29 is 63.2 Å². The summed E-state index contributed by atoms with van der Waals surface area (Å²) in [6.07, 6.45) is 1.89. The maximum absolute atomic E-state index is 13.4. The number of benzene rings is 4. The molecule has 2 aliphatic carbocycles. The van der Waals surface area contributed by atoms with Crippen LogP contribution in [0.4, 0.5) is 27.5 Å². The van der Waals surface area contributed by atoms with Crippen molar-refractivity contribution >= 4 is 100 Å². The fourth-order valence-corrected chi connectivity index (χ4v) is 7.46. The molecule has 2 aliphatic rings. The van der Waals surface area contributed by atoms with E-state index < -0.39 is 80.1 Å². The highest BCUT2D eigenvalue weighted by Crippen LogP contribution is 2.31. The lowest BCUT2D eigenvalue weighted by atomic mass is 9.94. The molecule has 0 aliphatic heterocycles. The molecule has 58 heavy (non-hydrogen) atoms. The zero-order valence-electron chi connectivity index (χ0n) is 29.2. The van der Waals surface area contributed by atoms with Crippen LogP contribution >= 0.6 is 0 Å². The molecule has 20 nitrogen and oxygen atoms in total. The van der Waals surface area contributed by atoms with E-state index in [-0.39, 0.29) is 56.1 Å². The number of fused-ring (bicyclic) bond motifs is 2. The summed E-state index contributed by atoms with van der Waals surface area (Å²) in [5.41, 5.74) is 3.95. The van der Waals surface area contributed by atoms with Crippen molar-refractivity contribution in [3.05, 3.63) is 122 Å². The van der Waals surface area contributed by atoms with Crippen LogP contribution in [0.25, 0.3) is 12.2 Å². The molecule has 2 amide bonds. The number of aryl methyl sites for hydroxylation is 1. The highest BCUT2D eigenvalue weighted by Gasteiger charge is 2.34. The van der Waals surface area contributed by atoms with Crippen LogP contribution in [-0.4, -0.2) is 79.0 Å². The first-order valence-electron chi connectivity index (χ1n) is 16.0. The van der Waals surface area contributed by atoms with E-state index in [4.69, 9.17) is 5.11 Å². The van der Waals surface area contributed by atoms with Crippen LogP contribution in [0.1, 0.15) is 47.8 Å². The number of carboxylic acid groups (broad SMARTS) is 1. The van der Waals surface area contributed by atoms with Crippen molar-refractivity contribution in [1.29, 1.82) is 0 Å². The van der Waals surface area contributed by atoms with Gasteiger partial charge in [0.1, 0.15) is 9.81 Å².